The molecule has 2 heteroatoms. The van der Waals surface area contributed by atoms with E-state index < -0.39 is 0 Å². The van der Waals surface area contributed by atoms with Gasteiger partial charge in [0.15, 0.2) is 0 Å². The number of hydrogen-bond donors (Lipinski definition) is 1. The van der Waals surface area contributed by atoms with Gasteiger partial charge in [-0.2, -0.15) is 0 Å². The van der Waals surface area contributed by atoms with Crippen LogP contribution in [-0.2, 0) is 12.8 Å². The molecule has 1 aromatic heterocycles. The van der Waals surface area contributed by atoms with Crippen molar-refractivity contribution in [3.63, 3.8) is 0 Å². The number of benzene rings is 1. The van der Waals surface area contributed by atoms with E-state index in [9.17, 15) is 0 Å². The van der Waals surface area contributed by atoms with Crippen LogP contribution in [0.15, 0.2) is 18.2 Å². The molecule has 0 amide bonds. The summed E-state index contributed by atoms with van der Waals surface area (Å²) in [7, 11) is 0. The first-order chi connectivity index (χ1) is 8.68. The number of pyridine rings is 1. The zero-order chi connectivity index (χ0) is 12.7. The van der Waals surface area contributed by atoms with Gasteiger partial charge in [-0.05, 0) is 56.2 Å². The van der Waals surface area contributed by atoms with Crippen LogP contribution >= 0.6 is 0 Å². The van der Waals surface area contributed by atoms with Crippen LogP contribution in [0.4, 0.5) is 0 Å². The summed E-state index contributed by atoms with van der Waals surface area (Å²) in [5.74, 6) is 0. The highest BCUT2D eigenvalue weighted by molar-refractivity contribution is 5.86. The van der Waals surface area contributed by atoms with Gasteiger partial charge in [0.2, 0.25) is 0 Å². The topological polar surface area (TPSA) is 38.9 Å². The summed E-state index contributed by atoms with van der Waals surface area (Å²) >= 11 is 0. The molecule has 94 valence electrons. The minimum absolute atomic E-state index is 0.0872. The van der Waals surface area contributed by atoms with Crippen LogP contribution in [0.1, 0.15) is 48.2 Å². The maximum absolute atomic E-state index is 6.23. The molecule has 0 saturated heterocycles. The molecule has 2 aromatic rings. The summed E-state index contributed by atoms with van der Waals surface area (Å²) in [4.78, 5) is 4.90. The van der Waals surface area contributed by atoms with Crippen LogP contribution in [0.3, 0.4) is 0 Å². The van der Waals surface area contributed by atoms with Crippen LogP contribution in [-0.4, -0.2) is 4.98 Å². The average molecular weight is 240 g/mol. The first-order valence-electron chi connectivity index (χ1n) is 6.85. The summed E-state index contributed by atoms with van der Waals surface area (Å²) in [6, 6.07) is 6.50. The molecular weight excluding hydrogens is 220 g/mol. The van der Waals surface area contributed by atoms with E-state index in [1.807, 2.05) is 0 Å². The lowest BCUT2D eigenvalue weighted by Gasteiger charge is -2.23. The second kappa shape index (κ2) is 4.36. The highest BCUT2D eigenvalue weighted by Crippen LogP contribution is 2.33. The normalized spacial score (nSPS) is 16.6. The molecule has 0 aliphatic heterocycles. The predicted octanol–water partition coefficient (Wildman–Crippen LogP) is 3.44. The molecule has 1 aliphatic rings. The maximum atomic E-state index is 6.23. The van der Waals surface area contributed by atoms with Crippen molar-refractivity contribution in [1.82, 2.24) is 4.98 Å². The lowest BCUT2D eigenvalue weighted by molar-refractivity contribution is 0.655. The zero-order valence-corrected chi connectivity index (χ0v) is 11.2. The van der Waals surface area contributed by atoms with Crippen molar-refractivity contribution < 1.29 is 0 Å². The largest absolute Gasteiger partial charge is 0.324 e. The molecule has 2 nitrogen and oxygen atoms in total. The van der Waals surface area contributed by atoms with Crippen molar-refractivity contribution in [1.29, 1.82) is 0 Å². The van der Waals surface area contributed by atoms with Gasteiger partial charge in [0, 0.05) is 17.1 Å². The lowest BCUT2D eigenvalue weighted by Crippen LogP contribution is -2.15. The number of aromatic nitrogens is 1. The third kappa shape index (κ3) is 1.72. The van der Waals surface area contributed by atoms with Gasteiger partial charge in [0.05, 0.1) is 5.52 Å². The first kappa shape index (κ1) is 11.7. The zero-order valence-electron chi connectivity index (χ0n) is 11.2. The van der Waals surface area contributed by atoms with Crippen LogP contribution in [0, 0.1) is 6.92 Å². The Balaban J connectivity index is 2.40. The number of nitrogens with zero attached hydrogens (tertiary/aromatic N) is 1. The molecule has 0 saturated carbocycles. The molecular formula is C16H20N2. The molecule has 0 bridgehead atoms. The Morgan fingerprint density at radius 3 is 2.78 bits per heavy atom. The maximum Gasteiger partial charge on any atom is 0.0738 e. The number of fused-ring (bicyclic) bond motifs is 2. The number of hydrogen-bond acceptors (Lipinski definition) is 2. The van der Waals surface area contributed by atoms with Gasteiger partial charge in [-0.25, -0.2) is 0 Å². The quantitative estimate of drug-likeness (QED) is 0.829. The number of aryl methyl sites for hydroxylation is 2. The molecule has 0 fully saturated rings. The van der Waals surface area contributed by atoms with Gasteiger partial charge in [-0.15, -0.1) is 0 Å². The smallest absolute Gasteiger partial charge is 0.0738 e. The van der Waals surface area contributed by atoms with Gasteiger partial charge >= 0.3 is 0 Å². The minimum atomic E-state index is 0.0872. The molecule has 0 radical (unpaired) electrons. The summed E-state index contributed by atoms with van der Waals surface area (Å²) in [6.07, 6.45) is 4.78. The van der Waals surface area contributed by atoms with E-state index in [0.29, 0.717) is 0 Å². The monoisotopic (exact) mass is 240 g/mol. The van der Waals surface area contributed by atoms with Crippen LogP contribution in [0.25, 0.3) is 10.9 Å². The second-order valence-corrected chi connectivity index (χ2v) is 5.42. The number of nitrogens with two attached hydrogens (primary N) is 1. The predicted molar refractivity (Wildman–Crippen MR) is 75.7 cm³/mol. The van der Waals surface area contributed by atoms with Crippen LogP contribution in [0.5, 0.6) is 0 Å². The van der Waals surface area contributed by atoms with E-state index in [4.69, 9.17) is 10.7 Å². The van der Waals surface area contributed by atoms with Crippen LogP contribution < -0.4 is 5.73 Å². The number of rotatable bonds is 1. The molecule has 1 unspecified atom stereocenters. The van der Waals surface area contributed by atoms with E-state index in [1.165, 1.54) is 40.6 Å². The Labute approximate surface area is 108 Å². The Morgan fingerprint density at radius 2 is 2.00 bits per heavy atom. The van der Waals surface area contributed by atoms with E-state index in [0.717, 1.165) is 18.4 Å². The standard InChI is InChI=1S/C16H20N2/c1-10-6-5-8-13-15(11(2)17)12-7-3-4-9-14(12)18-16(10)13/h5-6,8,11H,3-4,7,9,17H2,1-2H3. The molecule has 18 heavy (non-hydrogen) atoms. The van der Waals surface area contributed by atoms with Crippen molar-refractivity contribution in [3.8, 4) is 0 Å². The number of para-hydroxylation sites is 1. The SMILES string of the molecule is Cc1cccc2c(C(C)N)c3c(nc12)CCCC3. The van der Waals surface area contributed by atoms with Crippen LogP contribution in [0.2, 0.25) is 0 Å². The third-order valence-electron chi connectivity index (χ3n) is 3.99. The summed E-state index contributed by atoms with van der Waals surface area (Å²) in [5, 5.41) is 1.26. The fourth-order valence-corrected chi connectivity index (χ4v) is 3.15. The van der Waals surface area contributed by atoms with E-state index in [1.54, 1.807) is 0 Å². The molecule has 1 aromatic carbocycles. The highest BCUT2D eigenvalue weighted by atomic mass is 14.7. The summed E-state index contributed by atoms with van der Waals surface area (Å²) < 4.78 is 0. The van der Waals surface area contributed by atoms with Crippen molar-refractivity contribution in [2.75, 3.05) is 0 Å². The molecule has 3 rings (SSSR count). The Bertz CT molecular complexity index is 600. The molecule has 0 spiro atoms. The Kier molecular flexibility index (Phi) is 2.83. The Morgan fingerprint density at radius 1 is 1.22 bits per heavy atom. The van der Waals surface area contributed by atoms with Crippen molar-refractivity contribution in [2.24, 2.45) is 5.73 Å². The fraction of sp³-hybridized carbons (Fsp3) is 0.438. The van der Waals surface area contributed by atoms with Gasteiger partial charge < -0.3 is 5.73 Å². The van der Waals surface area contributed by atoms with Crippen molar-refractivity contribution in [3.05, 3.63) is 40.6 Å². The molecule has 2 N–H and O–H groups in total. The first-order valence-corrected chi connectivity index (χ1v) is 6.85. The van der Waals surface area contributed by atoms with E-state index in [2.05, 4.69) is 32.0 Å². The molecule has 1 atom stereocenters. The summed E-state index contributed by atoms with van der Waals surface area (Å²) in [5.41, 5.74) is 12.7. The van der Waals surface area contributed by atoms with Gasteiger partial charge in [-0.3, -0.25) is 4.98 Å². The molecule has 1 heterocycles. The molecule has 1 aliphatic carbocycles. The summed E-state index contributed by atoms with van der Waals surface area (Å²) in [6.45, 7) is 4.22. The second-order valence-electron chi connectivity index (χ2n) is 5.42. The van der Waals surface area contributed by atoms with E-state index >= 15 is 0 Å². The van der Waals surface area contributed by atoms with Crippen molar-refractivity contribution >= 4 is 10.9 Å². The van der Waals surface area contributed by atoms with Gasteiger partial charge in [0.1, 0.15) is 0 Å². The lowest BCUT2D eigenvalue weighted by atomic mass is 9.87. The van der Waals surface area contributed by atoms with Gasteiger partial charge in [0.25, 0.3) is 0 Å². The highest BCUT2D eigenvalue weighted by Gasteiger charge is 2.20. The van der Waals surface area contributed by atoms with Gasteiger partial charge in [-0.1, -0.05) is 18.2 Å². The minimum Gasteiger partial charge on any atom is -0.324 e. The average Bonchev–Trinajstić information content (AvgIpc) is 2.36. The fourth-order valence-electron chi connectivity index (χ4n) is 3.15. The van der Waals surface area contributed by atoms with Crippen molar-refractivity contribution in [2.45, 2.75) is 45.6 Å². The van der Waals surface area contributed by atoms with E-state index in [-0.39, 0.29) is 6.04 Å². The third-order valence-corrected chi connectivity index (χ3v) is 3.99. The Hall–Kier alpha value is -1.41.